The topological polar surface area (TPSA) is 52.5 Å². The van der Waals surface area contributed by atoms with E-state index < -0.39 is 0 Å². The van der Waals surface area contributed by atoms with Crippen LogP contribution in [0.25, 0.3) is 0 Å². The maximum absolute atomic E-state index is 8.94. The molecule has 2 unspecified atom stereocenters. The molecule has 1 aliphatic carbocycles. The zero-order valence-electron chi connectivity index (χ0n) is 9.66. The smallest absolute Gasteiger partial charge is 0.0459 e. The summed E-state index contributed by atoms with van der Waals surface area (Å²) in [5.41, 5.74) is 0. The summed E-state index contributed by atoms with van der Waals surface area (Å²) >= 11 is 0. The summed E-state index contributed by atoms with van der Waals surface area (Å²) in [5.74, 6) is 1.40. The third-order valence-electron chi connectivity index (χ3n) is 2.72. The second-order valence-corrected chi connectivity index (χ2v) is 4.29. The Morgan fingerprint density at radius 3 is 2.21 bits per heavy atom. The fourth-order valence-electron chi connectivity index (χ4n) is 1.93. The van der Waals surface area contributed by atoms with Crippen LogP contribution in [0.15, 0.2) is 0 Å². The fourth-order valence-corrected chi connectivity index (χ4v) is 1.93. The summed E-state index contributed by atoms with van der Waals surface area (Å²) in [6.07, 6.45) is 3.74. The van der Waals surface area contributed by atoms with Gasteiger partial charge in [0.05, 0.1) is 0 Å². The Morgan fingerprint density at radius 2 is 1.79 bits per heavy atom. The zero-order chi connectivity index (χ0) is 11.0. The van der Waals surface area contributed by atoms with E-state index in [1.54, 1.807) is 0 Å². The first-order chi connectivity index (χ1) is 6.72. The molecule has 0 spiro atoms. The third-order valence-corrected chi connectivity index (χ3v) is 2.72. The minimum Gasteiger partial charge on any atom is -0.400 e. The van der Waals surface area contributed by atoms with Gasteiger partial charge in [-0.15, -0.1) is 0 Å². The molecular formula is C11H25NO2. The van der Waals surface area contributed by atoms with Crippen molar-refractivity contribution in [3.63, 3.8) is 0 Å². The standard InChI is InChI=1S/C10H21NO.CH4O/c1-8(2)11-6-9-3-4-10(5-9)7-12;1-2/h8-12H,3-7H2,1-2H3;2H,1H3. The number of nitrogens with one attached hydrogen (secondary N) is 1. The molecule has 0 amide bonds. The van der Waals surface area contributed by atoms with Crippen LogP contribution in [0, 0.1) is 11.8 Å². The molecule has 14 heavy (non-hydrogen) atoms. The van der Waals surface area contributed by atoms with Gasteiger partial charge in [0.1, 0.15) is 0 Å². The molecule has 0 aromatic carbocycles. The van der Waals surface area contributed by atoms with Crippen LogP contribution in [0.2, 0.25) is 0 Å². The average Bonchev–Trinajstić information content (AvgIpc) is 2.65. The van der Waals surface area contributed by atoms with Crippen LogP contribution in [0.4, 0.5) is 0 Å². The highest BCUT2D eigenvalue weighted by molar-refractivity contribution is 4.76. The first-order valence-electron chi connectivity index (χ1n) is 5.51. The molecule has 0 saturated heterocycles. The lowest BCUT2D eigenvalue weighted by Gasteiger charge is -2.13. The fraction of sp³-hybridized carbons (Fsp3) is 1.00. The minimum atomic E-state index is 0.387. The van der Waals surface area contributed by atoms with E-state index in [2.05, 4.69) is 19.2 Å². The second-order valence-electron chi connectivity index (χ2n) is 4.29. The maximum Gasteiger partial charge on any atom is 0.0459 e. The number of rotatable bonds is 4. The van der Waals surface area contributed by atoms with Crippen molar-refractivity contribution in [2.45, 2.75) is 39.2 Å². The van der Waals surface area contributed by atoms with Gasteiger partial charge in [-0.2, -0.15) is 0 Å². The van der Waals surface area contributed by atoms with Gasteiger partial charge in [-0.3, -0.25) is 0 Å². The Labute approximate surface area is 87.5 Å². The van der Waals surface area contributed by atoms with Gasteiger partial charge in [-0.25, -0.2) is 0 Å². The van der Waals surface area contributed by atoms with Crippen molar-refractivity contribution < 1.29 is 10.2 Å². The highest BCUT2D eigenvalue weighted by Gasteiger charge is 2.23. The molecule has 2 atom stereocenters. The summed E-state index contributed by atoms with van der Waals surface area (Å²) in [4.78, 5) is 0. The number of hydrogen-bond acceptors (Lipinski definition) is 3. The quantitative estimate of drug-likeness (QED) is 0.639. The molecule has 3 nitrogen and oxygen atoms in total. The molecule has 3 N–H and O–H groups in total. The molecule has 0 aromatic heterocycles. The van der Waals surface area contributed by atoms with Crippen molar-refractivity contribution in [1.29, 1.82) is 0 Å². The molecule has 0 bridgehead atoms. The van der Waals surface area contributed by atoms with Crippen LogP contribution in [0.5, 0.6) is 0 Å². The van der Waals surface area contributed by atoms with E-state index in [-0.39, 0.29) is 0 Å². The minimum absolute atomic E-state index is 0.387. The monoisotopic (exact) mass is 203 g/mol. The largest absolute Gasteiger partial charge is 0.400 e. The van der Waals surface area contributed by atoms with Crippen molar-refractivity contribution in [2.75, 3.05) is 20.3 Å². The Hall–Kier alpha value is -0.120. The Balaban J connectivity index is 0.000000791. The van der Waals surface area contributed by atoms with E-state index in [4.69, 9.17) is 10.2 Å². The van der Waals surface area contributed by atoms with Gasteiger partial charge in [-0.1, -0.05) is 13.8 Å². The molecule has 0 aliphatic heterocycles. The summed E-state index contributed by atoms with van der Waals surface area (Å²) in [5, 5.41) is 19.4. The van der Waals surface area contributed by atoms with Crippen molar-refractivity contribution in [2.24, 2.45) is 11.8 Å². The van der Waals surface area contributed by atoms with Crippen molar-refractivity contribution in [1.82, 2.24) is 5.32 Å². The van der Waals surface area contributed by atoms with Crippen LogP contribution in [0.1, 0.15) is 33.1 Å². The molecule has 1 fully saturated rings. The number of aliphatic hydroxyl groups excluding tert-OH is 2. The first kappa shape index (κ1) is 13.9. The molecular weight excluding hydrogens is 178 g/mol. The molecule has 0 aromatic rings. The molecule has 1 saturated carbocycles. The SMILES string of the molecule is CC(C)NCC1CCC(CO)C1.CO. The molecule has 1 aliphatic rings. The lowest BCUT2D eigenvalue weighted by molar-refractivity contribution is 0.225. The van der Waals surface area contributed by atoms with Gasteiger partial charge in [0.2, 0.25) is 0 Å². The number of aliphatic hydroxyl groups is 2. The Bertz CT molecular complexity index is 128. The molecule has 86 valence electrons. The van der Waals surface area contributed by atoms with Gasteiger partial charge in [0, 0.05) is 19.8 Å². The van der Waals surface area contributed by atoms with Crippen molar-refractivity contribution in [3.8, 4) is 0 Å². The van der Waals surface area contributed by atoms with E-state index in [9.17, 15) is 0 Å². The number of hydrogen-bond donors (Lipinski definition) is 3. The van der Waals surface area contributed by atoms with Gasteiger partial charge >= 0.3 is 0 Å². The van der Waals surface area contributed by atoms with E-state index in [1.807, 2.05) is 0 Å². The summed E-state index contributed by atoms with van der Waals surface area (Å²) < 4.78 is 0. The van der Waals surface area contributed by atoms with Gasteiger partial charge in [0.15, 0.2) is 0 Å². The maximum atomic E-state index is 8.94. The van der Waals surface area contributed by atoms with Crippen LogP contribution in [0.3, 0.4) is 0 Å². The predicted molar refractivity (Wildman–Crippen MR) is 59.2 cm³/mol. The normalized spacial score (nSPS) is 26.1. The van der Waals surface area contributed by atoms with Crippen LogP contribution >= 0.6 is 0 Å². The summed E-state index contributed by atoms with van der Waals surface area (Å²) in [6, 6.07) is 0.596. The van der Waals surface area contributed by atoms with E-state index in [0.29, 0.717) is 18.6 Å². The van der Waals surface area contributed by atoms with E-state index in [1.165, 1.54) is 19.3 Å². The third kappa shape index (κ3) is 5.58. The Kier molecular flexibility index (Phi) is 8.14. The van der Waals surface area contributed by atoms with E-state index >= 15 is 0 Å². The average molecular weight is 203 g/mol. The predicted octanol–water partition coefficient (Wildman–Crippen LogP) is 1.00. The lowest BCUT2D eigenvalue weighted by Crippen LogP contribution is -2.28. The first-order valence-corrected chi connectivity index (χ1v) is 5.51. The highest BCUT2D eigenvalue weighted by atomic mass is 16.3. The van der Waals surface area contributed by atoms with Crippen LogP contribution in [-0.2, 0) is 0 Å². The molecule has 0 heterocycles. The van der Waals surface area contributed by atoms with Crippen LogP contribution in [-0.4, -0.2) is 36.5 Å². The molecule has 3 heteroatoms. The van der Waals surface area contributed by atoms with Gasteiger partial charge in [0.25, 0.3) is 0 Å². The molecule has 0 radical (unpaired) electrons. The van der Waals surface area contributed by atoms with Crippen LogP contribution < -0.4 is 5.32 Å². The van der Waals surface area contributed by atoms with E-state index in [0.717, 1.165) is 19.6 Å². The lowest BCUT2D eigenvalue weighted by atomic mass is 10.1. The summed E-state index contributed by atoms with van der Waals surface area (Å²) in [6.45, 7) is 5.88. The highest BCUT2D eigenvalue weighted by Crippen LogP contribution is 2.29. The Morgan fingerprint density at radius 1 is 1.21 bits per heavy atom. The van der Waals surface area contributed by atoms with Crippen molar-refractivity contribution >= 4 is 0 Å². The molecule has 1 rings (SSSR count). The summed E-state index contributed by atoms with van der Waals surface area (Å²) in [7, 11) is 1.00. The zero-order valence-corrected chi connectivity index (χ0v) is 9.66. The van der Waals surface area contributed by atoms with Gasteiger partial charge < -0.3 is 15.5 Å². The van der Waals surface area contributed by atoms with Gasteiger partial charge in [-0.05, 0) is 37.6 Å². The van der Waals surface area contributed by atoms with Crippen molar-refractivity contribution in [3.05, 3.63) is 0 Å². The second kappa shape index (κ2) is 8.21.